The van der Waals surface area contributed by atoms with Crippen molar-refractivity contribution in [2.75, 3.05) is 13.1 Å². The van der Waals surface area contributed by atoms with Crippen molar-refractivity contribution in [2.45, 2.75) is 26.3 Å². The van der Waals surface area contributed by atoms with E-state index in [9.17, 15) is 9.59 Å². The highest BCUT2D eigenvalue weighted by atomic mass is 35.5. The highest BCUT2D eigenvalue weighted by Gasteiger charge is 2.21. The molecule has 0 aliphatic carbocycles. The molecule has 1 aromatic carbocycles. The predicted molar refractivity (Wildman–Crippen MR) is 93.9 cm³/mol. The van der Waals surface area contributed by atoms with Crippen molar-refractivity contribution in [1.29, 1.82) is 0 Å². The molecule has 0 saturated carbocycles. The molecule has 0 N–H and O–H groups in total. The lowest BCUT2D eigenvalue weighted by Crippen LogP contribution is -2.41. The quantitative estimate of drug-likeness (QED) is 0.859. The Morgan fingerprint density at radius 1 is 1.17 bits per heavy atom. The van der Waals surface area contributed by atoms with Crippen LogP contribution >= 0.6 is 11.6 Å². The van der Waals surface area contributed by atoms with Gasteiger partial charge in [0.2, 0.25) is 5.91 Å². The first-order valence-corrected chi connectivity index (χ1v) is 8.52. The molecule has 6 heteroatoms. The second-order valence-electron chi connectivity index (χ2n) is 6.28. The van der Waals surface area contributed by atoms with Crippen molar-refractivity contribution >= 4 is 17.5 Å². The molecule has 1 amide bonds. The number of benzene rings is 1. The first-order chi connectivity index (χ1) is 11.5. The van der Waals surface area contributed by atoms with E-state index in [4.69, 9.17) is 11.6 Å². The zero-order chi connectivity index (χ0) is 17.1. The monoisotopic (exact) mass is 345 g/mol. The lowest BCUT2D eigenvalue weighted by Gasteiger charge is -2.30. The van der Waals surface area contributed by atoms with Crippen LogP contribution in [0.4, 0.5) is 0 Å². The maximum absolute atomic E-state index is 12.4. The summed E-state index contributed by atoms with van der Waals surface area (Å²) in [7, 11) is 0. The van der Waals surface area contributed by atoms with E-state index in [-0.39, 0.29) is 18.0 Å². The third-order valence-electron chi connectivity index (χ3n) is 4.43. The molecule has 1 fully saturated rings. The number of amides is 1. The topological polar surface area (TPSA) is 55.2 Å². The van der Waals surface area contributed by atoms with E-state index < -0.39 is 0 Å². The van der Waals surface area contributed by atoms with Gasteiger partial charge in [-0.25, -0.2) is 4.68 Å². The van der Waals surface area contributed by atoms with Crippen molar-refractivity contribution in [3.05, 3.63) is 51.8 Å². The Balaban J connectivity index is 1.78. The molecular formula is C18H20ClN3O2. The molecule has 3 rings (SSSR count). The number of halogens is 1. The van der Waals surface area contributed by atoms with Crippen LogP contribution in [-0.4, -0.2) is 33.7 Å². The van der Waals surface area contributed by atoms with E-state index in [1.807, 2.05) is 17.0 Å². The summed E-state index contributed by atoms with van der Waals surface area (Å²) < 4.78 is 1.24. The molecule has 1 aromatic heterocycles. The average Bonchev–Trinajstić information content (AvgIpc) is 2.58. The van der Waals surface area contributed by atoms with Crippen LogP contribution < -0.4 is 5.56 Å². The summed E-state index contributed by atoms with van der Waals surface area (Å²) in [6.07, 6.45) is 2.03. The molecule has 1 aliphatic heterocycles. The summed E-state index contributed by atoms with van der Waals surface area (Å²) in [5, 5.41) is 4.98. The van der Waals surface area contributed by atoms with Crippen LogP contribution in [0.1, 0.15) is 19.8 Å². The number of piperidine rings is 1. The Hall–Kier alpha value is -2.14. The summed E-state index contributed by atoms with van der Waals surface area (Å²) in [5.41, 5.74) is 1.23. The first-order valence-electron chi connectivity index (χ1n) is 8.15. The fraction of sp³-hybridized carbons (Fsp3) is 0.389. The lowest BCUT2D eigenvalue weighted by molar-refractivity contribution is -0.133. The minimum Gasteiger partial charge on any atom is -0.341 e. The van der Waals surface area contributed by atoms with Gasteiger partial charge in [-0.1, -0.05) is 30.7 Å². The molecule has 5 nitrogen and oxygen atoms in total. The van der Waals surface area contributed by atoms with Crippen LogP contribution in [0.2, 0.25) is 5.02 Å². The van der Waals surface area contributed by atoms with E-state index in [1.54, 1.807) is 18.2 Å². The highest BCUT2D eigenvalue weighted by Crippen LogP contribution is 2.19. The Bertz CT molecular complexity index is 778. The van der Waals surface area contributed by atoms with Crippen LogP contribution in [0.25, 0.3) is 11.3 Å². The van der Waals surface area contributed by atoms with Gasteiger partial charge >= 0.3 is 0 Å². The Morgan fingerprint density at radius 2 is 1.83 bits per heavy atom. The molecule has 126 valence electrons. The minimum atomic E-state index is -0.272. The first kappa shape index (κ1) is 16.7. The Labute approximate surface area is 145 Å². The minimum absolute atomic E-state index is 0.0192. The number of rotatable bonds is 3. The third-order valence-corrected chi connectivity index (χ3v) is 4.68. The fourth-order valence-electron chi connectivity index (χ4n) is 2.82. The summed E-state index contributed by atoms with van der Waals surface area (Å²) in [5.74, 6) is 0.605. The van der Waals surface area contributed by atoms with Gasteiger partial charge in [0.05, 0.1) is 5.69 Å². The molecule has 24 heavy (non-hydrogen) atoms. The second kappa shape index (κ2) is 7.18. The number of hydrogen-bond acceptors (Lipinski definition) is 3. The summed E-state index contributed by atoms with van der Waals surface area (Å²) in [6.45, 7) is 3.69. The Morgan fingerprint density at radius 3 is 2.50 bits per heavy atom. The molecule has 0 bridgehead atoms. The average molecular weight is 346 g/mol. The number of aromatic nitrogens is 2. The van der Waals surface area contributed by atoms with Gasteiger partial charge in [0.25, 0.3) is 5.56 Å². The molecule has 0 radical (unpaired) electrons. The lowest BCUT2D eigenvalue weighted by atomic mass is 9.99. The van der Waals surface area contributed by atoms with E-state index in [0.29, 0.717) is 16.6 Å². The zero-order valence-electron chi connectivity index (χ0n) is 13.6. The van der Waals surface area contributed by atoms with Crippen LogP contribution in [0.5, 0.6) is 0 Å². The number of carbonyl (C=O) groups excluding carboxylic acids is 1. The Kier molecular flexibility index (Phi) is 5.00. The molecule has 2 aromatic rings. The maximum atomic E-state index is 12.4. The molecule has 0 atom stereocenters. The molecule has 0 spiro atoms. The van der Waals surface area contributed by atoms with Gasteiger partial charge in [-0.3, -0.25) is 9.59 Å². The van der Waals surface area contributed by atoms with Gasteiger partial charge in [0, 0.05) is 29.7 Å². The van der Waals surface area contributed by atoms with Gasteiger partial charge in [0.1, 0.15) is 6.54 Å². The van der Waals surface area contributed by atoms with E-state index in [1.165, 1.54) is 10.7 Å². The highest BCUT2D eigenvalue weighted by molar-refractivity contribution is 6.30. The van der Waals surface area contributed by atoms with Gasteiger partial charge in [-0.2, -0.15) is 5.10 Å². The molecule has 2 heterocycles. The predicted octanol–water partition coefficient (Wildman–Crippen LogP) is 2.82. The van der Waals surface area contributed by atoms with E-state index in [2.05, 4.69) is 12.0 Å². The number of likely N-dealkylation sites (tertiary alicyclic amines) is 1. The van der Waals surface area contributed by atoms with Gasteiger partial charge < -0.3 is 4.90 Å². The van der Waals surface area contributed by atoms with Gasteiger partial charge in [0.15, 0.2) is 0 Å². The maximum Gasteiger partial charge on any atom is 0.267 e. The van der Waals surface area contributed by atoms with Crippen LogP contribution in [0, 0.1) is 5.92 Å². The molecule has 1 saturated heterocycles. The summed E-state index contributed by atoms with van der Waals surface area (Å²) in [6, 6.07) is 10.3. The SMILES string of the molecule is CC1CCN(C(=O)Cn2nc(-c3ccc(Cl)cc3)ccc2=O)CC1. The van der Waals surface area contributed by atoms with Crippen LogP contribution in [0.3, 0.4) is 0 Å². The zero-order valence-corrected chi connectivity index (χ0v) is 14.4. The number of nitrogens with zero attached hydrogens (tertiary/aromatic N) is 3. The van der Waals surface area contributed by atoms with E-state index in [0.717, 1.165) is 31.5 Å². The number of hydrogen-bond donors (Lipinski definition) is 0. The largest absolute Gasteiger partial charge is 0.341 e. The van der Waals surface area contributed by atoms with Crippen molar-refractivity contribution in [3.63, 3.8) is 0 Å². The normalized spacial score (nSPS) is 15.5. The molecule has 1 aliphatic rings. The van der Waals surface area contributed by atoms with Crippen LogP contribution in [0.15, 0.2) is 41.2 Å². The van der Waals surface area contributed by atoms with E-state index >= 15 is 0 Å². The summed E-state index contributed by atoms with van der Waals surface area (Å²) >= 11 is 5.89. The van der Waals surface area contributed by atoms with Crippen molar-refractivity contribution in [3.8, 4) is 11.3 Å². The summed E-state index contributed by atoms with van der Waals surface area (Å²) in [4.78, 5) is 26.3. The smallest absolute Gasteiger partial charge is 0.267 e. The second-order valence-corrected chi connectivity index (χ2v) is 6.72. The fourth-order valence-corrected chi connectivity index (χ4v) is 2.95. The van der Waals surface area contributed by atoms with Gasteiger partial charge in [-0.15, -0.1) is 0 Å². The third kappa shape index (κ3) is 3.85. The van der Waals surface area contributed by atoms with Crippen molar-refractivity contribution in [1.82, 2.24) is 14.7 Å². The standard InChI is InChI=1S/C18H20ClN3O2/c1-13-8-10-21(11-9-13)18(24)12-22-17(23)7-6-16(20-22)14-2-4-15(19)5-3-14/h2-7,13H,8-12H2,1H3. The van der Waals surface area contributed by atoms with Gasteiger partial charge in [-0.05, 0) is 37.0 Å². The molecule has 0 unspecified atom stereocenters. The van der Waals surface area contributed by atoms with Crippen LogP contribution in [-0.2, 0) is 11.3 Å². The molecular weight excluding hydrogens is 326 g/mol. The van der Waals surface area contributed by atoms with Crippen molar-refractivity contribution < 1.29 is 4.79 Å². The van der Waals surface area contributed by atoms with Crippen molar-refractivity contribution in [2.24, 2.45) is 5.92 Å². The number of carbonyl (C=O) groups is 1.